The van der Waals surface area contributed by atoms with E-state index in [2.05, 4.69) is 10.6 Å². The molecule has 4 nitrogen and oxygen atoms in total. The first-order valence-electron chi connectivity index (χ1n) is 8.58. The quantitative estimate of drug-likeness (QED) is 0.542. The predicted octanol–water partition coefficient (Wildman–Crippen LogP) is 6.11. The van der Waals surface area contributed by atoms with Crippen molar-refractivity contribution in [1.29, 1.82) is 0 Å². The van der Waals surface area contributed by atoms with Crippen molar-refractivity contribution in [2.75, 3.05) is 10.6 Å². The van der Waals surface area contributed by atoms with Crippen molar-refractivity contribution in [2.45, 2.75) is 13.8 Å². The zero-order valence-electron chi connectivity index (χ0n) is 15.3. The molecule has 0 spiro atoms. The molecule has 0 fully saturated rings. The number of hydrogen-bond donors (Lipinski definition) is 2. The molecule has 3 aromatic carbocycles. The molecule has 6 heteroatoms. The lowest BCUT2D eigenvalue weighted by atomic mass is 10.1. The zero-order chi connectivity index (χ0) is 20.3. The number of carbonyl (C=O) groups is 2. The summed E-state index contributed by atoms with van der Waals surface area (Å²) in [6.07, 6.45) is 0. The molecular formula is C22H18Cl2N2O2. The van der Waals surface area contributed by atoms with Crippen LogP contribution in [0.5, 0.6) is 0 Å². The Hall–Kier alpha value is -2.82. The molecule has 0 atom stereocenters. The Balaban J connectivity index is 1.72. The summed E-state index contributed by atoms with van der Waals surface area (Å²) in [6.45, 7) is 3.77. The number of amides is 2. The largest absolute Gasteiger partial charge is 0.322 e. The van der Waals surface area contributed by atoms with Crippen LogP contribution in [0.2, 0.25) is 10.0 Å². The van der Waals surface area contributed by atoms with Crippen molar-refractivity contribution in [3.63, 3.8) is 0 Å². The molecule has 3 rings (SSSR count). The van der Waals surface area contributed by atoms with Gasteiger partial charge in [0.05, 0.1) is 0 Å². The van der Waals surface area contributed by atoms with Gasteiger partial charge in [-0.3, -0.25) is 9.59 Å². The Bertz CT molecular complexity index is 962. The Morgan fingerprint density at radius 3 is 1.36 bits per heavy atom. The van der Waals surface area contributed by atoms with Crippen molar-refractivity contribution in [2.24, 2.45) is 0 Å². The fourth-order valence-electron chi connectivity index (χ4n) is 2.62. The SMILES string of the molecule is Cc1ccc(Cl)cc1NC(=O)c1ccc(C(=O)Nc2cc(Cl)ccc2C)cc1. The number of rotatable bonds is 4. The Morgan fingerprint density at radius 1 is 0.643 bits per heavy atom. The highest BCUT2D eigenvalue weighted by molar-refractivity contribution is 6.31. The van der Waals surface area contributed by atoms with E-state index < -0.39 is 0 Å². The summed E-state index contributed by atoms with van der Waals surface area (Å²) < 4.78 is 0. The first-order chi connectivity index (χ1) is 13.3. The van der Waals surface area contributed by atoms with Gasteiger partial charge in [-0.05, 0) is 73.5 Å². The molecule has 2 amide bonds. The van der Waals surface area contributed by atoms with Gasteiger partial charge in [0, 0.05) is 32.5 Å². The summed E-state index contributed by atoms with van der Waals surface area (Å²) in [5.74, 6) is -0.550. The highest BCUT2D eigenvalue weighted by Crippen LogP contribution is 2.22. The molecule has 0 bridgehead atoms. The third kappa shape index (κ3) is 4.71. The van der Waals surface area contributed by atoms with E-state index in [0.717, 1.165) is 11.1 Å². The van der Waals surface area contributed by atoms with Crippen LogP contribution in [0.15, 0.2) is 60.7 Å². The minimum Gasteiger partial charge on any atom is -0.322 e. The molecule has 0 heterocycles. The minimum atomic E-state index is -0.275. The molecule has 3 aromatic rings. The molecule has 0 radical (unpaired) electrons. The average Bonchev–Trinajstić information content (AvgIpc) is 2.67. The van der Waals surface area contributed by atoms with Crippen LogP contribution in [0.1, 0.15) is 31.8 Å². The maximum Gasteiger partial charge on any atom is 0.255 e. The molecule has 0 saturated heterocycles. The van der Waals surface area contributed by atoms with Crippen LogP contribution in [-0.4, -0.2) is 11.8 Å². The summed E-state index contributed by atoms with van der Waals surface area (Å²) in [4.78, 5) is 24.9. The van der Waals surface area contributed by atoms with E-state index in [4.69, 9.17) is 23.2 Å². The minimum absolute atomic E-state index is 0.275. The molecule has 0 saturated carbocycles. The van der Waals surface area contributed by atoms with E-state index in [0.29, 0.717) is 32.5 Å². The number of hydrogen-bond acceptors (Lipinski definition) is 2. The predicted molar refractivity (Wildman–Crippen MR) is 115 cm³/mol. The summed E-state index contributed by atoms with van der Waals surface area (Å²) in [5, 5.41) is 6.75. The highest BCUT2D eigenvalue weighted by Gasteiger charge is 2.12. The lowest BCUT2D eigenvalue weighted by Gasteiger charge is -2.10. The second-order valence-corrected chi connectivity index (χ2v) is 7.28. The van der Waals surface area contributed by atoms with Crippen molar-refractivity contribution in [3.05, 3.63) is 93.0 Å². The van der Waals surface area contributed by atoms with Gasteiger partial charge in [0.25, 0.3) is 11.8 Å². The van der Waals surface area contributed by atoms with Gasteiger partial charge < -0.3 is 10.6 Å². The molecule has 0 aromatic heterocycles. The molecule has 0 aliphatic carbocycles. The van der Waals surface area contributed by atoms with Gasteiger partial charge in [-0.1, -0.05) is 35.3 Å². The van der Waals surface area contributed by atoms with Gasteiger partial charge in [0.15, 0.2) is 0 Å². The first kappa shape index (κ1) is 19.9. The van der Waals surface area contributed by atoms with Crippen molar-refractivity contribution in [3.8, 4) is 0 Å². The molecule has 0 unspecified atom stereocenters. The Labute approximate surface area is 173 Å². The number of halogens is 2. The van der Waals surface area contributed by atoms with E-state index in [1.165, 1.54) is 0 Å². The topological polar surface area (TPSA) is 58.2 Å². The molecule has 0 aliphatic rings. The van der Waals surface area contributed by atoms with Gasteiger partial charge in [0.2, 0.25) is 0 Å². The second kappa shape index (κ2) is 8.46. The monoisotopic (exact) mass is 412 g/mol. The van der Waals surface area contributed by atoms with E-state index in [9.17, 15) is 9.59 Å². The van der Waals surface area contributed by atoms with Crippen LogP contribution in [-0.2, 0) is 0 Å². The van der Waals surface area contributed by atoms with Crippen molar-refractivity contribution < 1.29 is 9.59 Å². The molecular weight excluding hydrogens is 395 g/mol. The number of carbonyl (C=O) groups excluding carboxylic acids is 2. The van der Waals surface area contributed by atoms with Crippen LogP contribution >= 0.6 is 23.2 Å². The van der Waals surface area contributed by atoms with Crippen LogP contribution in [0, 0.1) is 13.8 Å². The van der Waals surface area contributed by atoms with Crippen LogP contribution in [0.4, 0.5) is 11.4 Å². The lowest BCUT2D eigenvalue weighted by molar-refractivity contribution is 0.101. The van der Waals surface area contributed by atoms with E-state index >= 15 is 0 Å². The van der Waals surface area contributed by atoms with Crippen LogP contribution < -0.4 is 10.6 Å². The maximum atomic E-state index is 12.5. The number of benzene rings is 3. The summed E-state index contributed by atoms with van der Waals surface area (Å²) >= 11 is 12.0. The van der Waals surface area contributed by atoms with E-state index in [1.54, 1.807) is 48.5 Å². The van der Waals surface area contributed by atoms with Gasteiger partial charge >= 0.3 is 0 Å². The van der Waals surface area contributed by atoms with Crippen molar-refractivity contribution in [1.82, 2.24) is 0 Å². The fraction of sp³-hybridized carbons (Fsp3) is 0.0909. The highest BCUT2D eigenvalue weighted by atomic mass is 35.5. The smallest absolute Gasteiger partial charge is 0.255 e. The normalized spacial score (nSPS) is 10.4. The average molecular weight is 413 g/mol. The maximum absolute atomic E-state index is 12.5. The third-order valence-corrected chi connectivity index (χ3v) is 4.78. The van der Waals surface area contributed by atoms with Gasteiger partial charge in [-0.2, -0.15) is 0 Å². The van der Waals surface area contributed by atoms with Crippen molar-refractivity contribution >= 4 is 46.4 Å². The van der Waals surface area contributed by atoms with Crippen LogP contribution in [0.25, 0.3) is 0 Å². The Kier molecular flexibility index (Phi) is 6.02. The Morgan fingerprint density at radius 2 is 1.00 bits per heavy atom. The van der Waals surface area contributed by atoms with E-state index in [1.807, 2.05) is 26.0 Å². The van der Waals surface area contributed by atoms with Gasteiger partial charge in [0.1, 0.15) is 0 Å². The fourth-order valence-corrected chi connectivity index (χ4v) is 2.96. The molecule has 2 N–H and O–H groups in total. The number of anilines is 2. The van der Waals surface area contributed by atoms with Gasteiger partial charge in [-0.25, -0.2) is 0 Å². The summed E-state index contributed by atoms with van der Waals surface area (Å²) in [5.41, 5.74) is 3.99. The van der Waals surface area contributed by atoms with Gasteiger partial charge in [-0.15, -0.1) is 0 Å². The lowest BCUT2D eigenvalue weighted by Crippen LogP contribution is -2.15. The van der Waals surface area contributed by atoms with Crippen LogP contribution in [0.3, 0.4) is 0 Å². The number of nitrogens with one attached hydrogen (secondary N) is 2. The van der Waals surface area contributed by atoms with E-state index in [-0.39, 0.29) is 11.8 Å². The summed E-state index contributed by atoms with van der Waals surface area (Å²) in [7, 11) is 0. The number of aryl methyl sites for hydroxylation is 2. The molecule has 0 aliphatic heterocycles. The molecule has 142 valence electrons. The zero-order valence-corrected chi connectivity index (χ0v) is 16.9. The summed E-state index contributed by atoms with van der Waals surface area (Å²) in [6, 6.07) is 17.0. The standard InChI is InChI=1S/C22H18Cl2N2O2/c1-13-3-9-17(23)11-19(13)25-21(27)15-5-7-16(8-6-15)22(28)26-20-12-18(24)10-4-14(20)2/h3-12H,1-2H3,(H,25,27)(H,26,28). The molecule has 28 heavy (non-hydrogen) atoms. The third-order valence-electron chi connectivity index (χ3n) is 4.30. The first-order valence-corrected chi connectivity index (χ1v) is 9.34. The second-order valence-electron chi connectivity index (χ2n) is 6.40.